The van der Waals surface area contributed by atoms with Crippen molar-refractivity contribution in [1.82, 2.24) is 5.32 Å². The summed E-state index contributed by atoms with van der Waals surface area (Å²) in [6.07, 6.45) is 8.95. The van der Waals surface area contributed by atoms with E-state index in [1.54, 1.807) is 0 Å². The van der Waals surface area contributed by atoms with Gasteiger partial charge in [0.05, 0.1) is 6.26 Å². The minimum atomic E-state index is -1.23. The fourth-order valence-electron chi connectivity index (χ4n) is 2.84. The molecule has 1 aromatic heterocycles. The molecule has 0 bridgehead atoms. The normalized spacial score (nSPS) is 17.7. The van der Waals surface area contributed by atoms with E-state index in [4.69, 9.17) is 14.6 Å². The van der Waals surface area contributed by atoms with Crippen LogP contribution in [0.25, 0.3) is 0 Å². The van der Waals surface area contributed by atoms with Crippen molar-refractivity contribution in [2.24, 2.45) is 5.92 Å². The van der Waals surface area contributed by atoms with E-state index in [0.29, 0.717) is 0 Å². The van der Waals surface area contributed by atoms with Crippen molar-refractivity contribution >= 4 is 17.7 Å². The molecule has 0 aromatic carbocycles. The van der Waals surface area contributed by atoms with Gasteiger partial charge in [-0.25, -0.2) is 4.79 Å². The number of thioether (sulfide) groups is 1. The van der Waals surface area contributed by atoms with Gasteiger partial charge < -0.3 is 19.9 Å². The molecule has 1 fully saturated rings. The van der Waals surface area contributed by atoms with Crippen molar-refractivity contribution in [2.75, 3.05) is 13.6 Å². The van der Waals surface area contributed by atoms with Gasteiger partial charge in [0.1, 0.15) is 11.9 Å². The molecule has 3 N–H and O–H groups in total. The molecule has 0 amide bonds. The molecule has 2 atom stereocenters. The lowest BCUT2D eigenvalue weighted by molar-refractivity contribution is -0.145. The molecule has 24 heavy (non-hydrogen) atoms. The highest BCUT2D eigenvalue weighted by Gasteiger charge is 2.25. The first-order valence-electron chi connectivity index (χ1n) is 8.72. The van der Waals surface area contributed by atoms with Gasteiger partial charge in [0.2, 0.25) is 0 Å². The minimum Gasteiger partial charge on any atom is -0.479 e. The first-order chi connectivity index (χ1) is 11.5. The van der Waals surface area contributed by atoms with E-state index in [-0.39, 0.29) is 0 Å². The molecular formula is C18H31NO4S. The molecule has 6 heteroatoms. The molecule has 138 valence electrons. The summed E-state index contributed by atoms with van der Waals surface area (Å²) >= 11 is 2.03. The number of nitrogens with one attached hydrogen (secondary N) is 1. The maximum absolute atomic E-state index is 9.45. The van der Waals surface area contributed by atoms with Crippen LogP contribution in [0.15, 0.2) is 21.6 Å². The van der Waals surface area contributed by atoms with Gasteiger partial charge in [-0.15, -0.1) is 11.8 Å². The van der Waals surface area contributed by atoms with Crippen LogP contribution < -0.4 is 5.32 Å². The second kappa shape index (κ2) is 11.6. The lowest BCUT2D eigenvalue weighted by Crippen LogP contribution is -2.24. The molecule has 1 aromatic rings. The summed E-state index contributed by atoms with van der Waals surface area (Å²) in [5.41, 5.74) is 0. The van der Waals surface area contributed by atoms with E-state index < -0.39 is 12.1 Å². The Kier molecular flexibility index (Phi) is 10.1. The standard InChI is InChI=1S/C15H25NOS.C3H6O3/c1-12-14(9-11-17-12)18-15(8-10-16-2)13-6-4-3-5-7-13;1-2(4)3(5)6/h9,11,13,15-16H,3-8,10H2,1-2H3;2,4H,1H3,(H,5,6). The average Bonchev–Trinajstić information content (AvgIpc) is 2.97. The fraction of sp³-hybridized carbons (Fsp3) is 0.722. The Morgan fingerprint density at radius 1 is 1.42 bits per heavy atom. The highest BCUT2D eigenvalue weighted by molar-refractivity contribution is 8.00. The van der Waals surface area contributed by atoms with E-state index in [1.165, 1.54) is 50.3 Å². The summed E-state index contributed by atoms with van der Waals surface area (Å²) in [6, 6.07) is 2.12. The maximum Gasteiger partial charge on any atom is 0.332 e. The zero-order valence-electron chi connectivity index (χ0n) is 15.0. The zero-order chi connectivity index (χ0) is 17.9. The Morgan fingerprint density at radius 2 is 2.04 bits per heavy atom. The number of carboxylic acids is 1. The van der Waals surface area contributed by atoms with Crippen LogP contribution in [0.3, 0.4) is 0 Å². The maximum atomic E-state index is 9.45. The van der Waals surface area contributed by atoms with E-state index in [2.05, 4.69) is 18.3 Å². The predicted molar refractivity (Wildman–Crippen MR) is 97.5 cm³/mol. The predicted octanol–water partition coefficient (Wildman–Crippen LogP) is 3.69. The number of aliphatic carboxylic acids is 1. The van der Waals surface area contributed by atoms with E-state index in [0.717, 1.165) is 23.5 Å². The second-order valence-electron chi connectivity index (χ2n) is 6.30. The second-order valence-corrected chi connectivity index (χ2v) is 7.58. The fourth-order valence-corrected chi connectivity index (χ4v) is 4.22. The van der Waals surface area contributed by atoms with Crippen LogP contribution in [0.5, 0.6) is 0 Å². The first kappa shape index (κ1) is 21.1. The van der Waals surface area contributed by atoms with Crippen LogP contribution in [0, 0.1) is 12.8 Å². The van der Waals surface area contributed by atoms with Gasteiger partial charge in [-0.2, -0.15) is 0 Å². The number of aliphatic hydroxyl groups excluding tert-OH is 1. The Hall–Kier alpha value is -0.980. The Labute approximate surface area is 149 Å². The monoisotopic (exact) mass is 357 g/mol. The number of aliphatic hydroxyl groups is 1. The largest absolute Gasteiger partial charge is 0.479 e. The number of furan rings is 1. The topological polar surface area (TPSA) is 82.7 Å². The third kappa shape index (κ3) is 7.73. The van der Waals surface area contributed by atoms with Crippen molar-refractivity contribution in [1.29, 1.82) is 0 Å². The summed E-state index contributed by atoms with van der Waals surface area (Å²) < 4.78 is 5.42. The van der Waals surface area contributed by atoms with Crippen LogP contribution >= 0.6 is 11.8 Å². The van der Waals surface area contributed by atoms with Gasteiger partial charge in [-0.3, -0.25) is 0 Å². The minimum absolute atomic E-state index is 0.744. The highest BCUT2D eigenvalue weighted by Crippen LogP contribution is 2.39. The Bertz CT molecular complexity index is 469. The molecule has 1 saturated carbocycles. The van der Waals surface area contributed by atoms with Crippen LogP contribution in [0.1, 0.15) is 51.2 Å². The molecular weight excluding hydrogens is 326 g/mol. The molecule has 1 heterocycles. The number of carboxylic acid groups (broad SMARTS) is 1. The van der Waals surface area contributed by atoms with Crippen LogP contribution in [0.2, 0.25) is 0 Å². The van der Waals surface area contributed by atoms with Crippen molar-refractivity contribution in [3.05, 3.63) is 18.1 Å². The molecule has 0 saturated heterocycles. The van der Waals surface area contributed by atoms with E-state index >= 15 is 0 Å². The quantitative estimate of drug-likeness (QED) is 0.646. The third-order valence-electron chi connectivity index (χ3n) is 4.30. The molecule has 5 nitrogen and oxygen atoms in total. The van der Waals surface area contributed by atoms with E-state index in [9.17, 15) is 4.79 Å². The smallest absolute Gasteiger partial charge is 0.332 e. The van der Waals surface area contributed by atoms with Crippen LogP contribution in [-0.4, -0.2) is 41.1 Å². The molecule has 1 aliphatic carbocycles. The summed E-state index contributed by atoms with van der Waals surface area (Å²) in [6.45, 7) is 4.38. The number of carbonyl (C=O) groups is 1. The lowest BCUT2D eigenvalue weighted by atomic mass is 9.86. The number of aryl methyl sites for hydroxylation is 1. The molecule has 0 spiro atoms. The molecule has 2 rings (SSSR count). The molecule has 2 unspecified atom stereocenters. The van der Waals surface area contributed by atoms with Crippen molar-refractivity contribution in [3.63, 3.8) is 0 Å². The zero-order valence-corrected chi connectivity index (χ0v) is 15.8. The van der Waals surface area contributed by atoms with Gasteiger partial charge in [0.25, 0.3) is 0 Å². The van der Waals surface area contributed by atoms with Gasteiger partial charge in [-0.05, 0) is 58.7 Å². The number of hydrogen-bond acceptors (Lipinski definition) is 5. The highest BCUT2D eigenvalue weighted by atomic mass is 32.2. The summed E-state index contributed by atoms with van der Waals surface area (Å²) in [4.78, 5) is 10.8. The summed E-state index contributed by atoms with van der Waals surface area (Å²) in [7, 11) is 2.05. The Balaban J connectivity index is 0.000000413. The summed E-state index contributed by atoms with van der Waals surface area (Å²) in [5, 5.41) is 19.8. The number of hydrogen-bond donors (Lipinski definition) is 3. The summed E-state index contributed by atoms with van der Waals surface area (Å²) in [5.74, 6) is 0.784. The van der Waals surface area contributed by atoms with Gasteiger partial charge in [-0.1, -0.05) is 19.3 Å². The first-order valence-corrected chi connectivity index (χ1v) is 9.59. The van der Waals surface area contributed by atoms with Crippen molar-refractivity contribution in [3.8, 4) is 0 Å². The Morgan fingerprint density at radius 3 is 2.50 bits per heavy atom. The van der Waals surface area contributed by atoms with Gasteiger partial charge >= 0.3 is 5.97 Å². The van der Waals surface area contributed by atoms with Crippen LogP contribution in [0.4, 0.5) is 0 Å². The number of rotatable bonds is 7. The van der Waals surface area contributed by atoms with E-state index in [1.807, 2.05) is 25.1 Å². The van der Waals surface area contributed by atoms with Gasteiger partial charge in [0, 0.05) is 10.1 Å². The van der Waals surface area contributed by atoms with Crippen molar-refractivity contribution in [2.45, 2.75) is 68.6 Å². The van der Waals surface area contributed by atoms with Crippen LogP contribution in [-0.2, 0) is 4.79 Å². The molecule has 1 aliphatic rings. The van der Waals surface area contributed by atoms with Gasteiger partial charge in [0.15, 0.2) is 0 Å². The third-order valence-corrected chi connectivity index (χ3v) is 5.90. The van der Waals surface area contributed by atoms with Crippen molar-refractivity contribution < 1.29 is 19.4 Å². The SMILES string of the molecule is CC(O)C(=O)O.CNCCC(Sc1ccoc1C)C1CCCCC1. The lowest BCUT2D eigenvalue weighted by Gasteiger charge is -2.29. The molecule has 0 radical (unpaired) electrons. The average molecular weight is 358 g/mol. The molecule has 0 aliphatic heterocycles.